The lowest BCUT2D eigenvalue weighted by Crippen LogP contribution is -2.43. The predicted molar refractivity (Wildman–Crippen MR) is 70.8 cm³/mol. The van der Waals surface area contributed by atoms with E-state index in [-0.39, 0.29) is 0 Å². The van der Waals surface area contributed by atoms with Crippen LogP contribution in [0.25, 0.3) is 0 Å². The van der Waals surface area contributed by atoms with Crippen molar-refractivity contribution in [2.75, 3.05) is 0 Å². The van der Waals surface area contributed by atoms with Crippen LogP contribution in [-0.2, 0) is 0 Å². The Balaban J connectivity index is 1.75. The van der Waals surface area contributed by atoms with Gasteiger partial charge in [-0.05, 0) is 54.4 Å². The maximum Gasteiger partial charge on any atom is -0.00649 e. The van der Waals surface area contributed by atoms with Crippen LogP contribution in [0.15, 0.2) is 42.5 Å². The lowest BCUT2D eigenvalue weighted by atomic mass is 9.52. The molecule has 0 heterocycles. The van der Waals surface area contributed by atoms with Crippen molar-refractivity contribution >= 4 is 0 Å². The maximum atomic E-state index is 2.56. The Morgan fingerprint density at radius 3 is 2.71 bits per heavy atom. The van der Waals surface area contributed by atoms with Gasteiger partial charge < -0.3 is 0 Å². The summed E-state index contributed by atoms with van der Waals surface area (Å²) in [6, 6.07) is 11.3. The molecule has 0 amide bonds. The van der Waals surface area contributed by atoms with Crippen molar-refractivity contribution in [3.8, 4) is 0 Å². The van der Waals surface area contributed by atoms with Crippen LogP contribution in [-0.4, -0.2) is 0 Å². The Labute approximate surface area is 104 Å². The van der Waals surface area contributed by atoms with Crippen LogP contribution in [0.4, 0.5) is 0 Å². The molecule has 0 aromatic heterocycles. The average Bonchev–Trinajstić information content (AvgIpc) is 2.40. The highest BCUT2D eigenvalue weighted by atomic mass is 14.5. The third kappa shape index (κ3) is 1.43. The first kappa shape index (κ1) is 9.94. The molecule has 4 bridgehead atoms. The van der Waals surface area contributed by atoms with Crippen molar-refractivity contribution in [1.29, 1.82) is 0 Å². The van der Waals surface area contributed by atoms with Gasteiger partial charge in [0.25, 0.3) is 0 Å². The molecule has 2 fully saturated rings. The summed E-state index contributed by atoms with van der Waals surface area (Å²) in [4.78, 5) is 0. The molecular weight excluding hydrogens is 204 g/mol. The molecule has 17 heavy (non-hydrogen) atoms. The molecule has 1 aromatic carbocycles. The van der Waals surface area contributed by atoms with E-state index in [1.165, 1.54) is 25.7 Å². The fourth-order valence-corrected chi connectivity index (χ4v) is 4.80. The van der Waals surface area contributed by atoms with Gasteiger partial charge in [0.1, 0.15) is 0 Å². The zero-order valence-electron chi connectivity index (χ0n) is 10.3. The van der Waals surface area contributed by atoms with Gasteiger partial charge in [0.2, 0.25) is 0 Å². The Kier molecular flexibility index (Phi) is 2.18. The minimum absolute atomic E-state index is 0.822. The molecule has 4 aliphatic rings. The largest absolute Gasteiger partial charge is 0.0845 e. The molecule has 1 unspecified atom stereocenters. The van der Waals surface area contributed by atoms with Crippen LogP contribution < -0.4 is 0 Å². The van der Waals surface area contributed by atoms with Crippen LogP contribution in [0.3, 0.4) is 0 Å². The summed E-state index contributed by atoms with van der Waals surface area (Å²) in [5.74, 6) is 4.52. The second-order valence-corrected chi connectivity index (χ2v) is 6.15. The molecule has 0 heteroatoms. The van der Waals surface area contributed by atoms with Crippen molar-refractivity contribution in [2.45, 2.75) is 31.6 Å². The summed E-state index contributed by atoms with van der Waals surface area (Å²) in [6.45, 7) is 0. The SMILES string of the molecule is C1=C[C@H]2C[C@@H]3CCC[C@H](C2c2ccccc2)[C@H]13. The van der Waals surface area contributed by atoms with Gasteiger partial charge in [0.15, 0.2) is 0 Å². The summed E-state index contributed by atoms with van der Waals surface area (Å²) in [6.07, 6.45) is 11.0. The van der Waals surface area contributed by atoms with Crippen molar-refractivity contribution in [2.24, 2.45) is 23.7 Å². The molecule has 0 aliphatic heterocycles. The van der Waals surface area contributed by atoms with Crippen molar-refractivity contribution < 1.29 is 0 Å². The van der Waals surface area contributed by atoms with Crippen molar-refractivity contribution in [3.05, 3.63) is 48.0 Å². The molecule has 2 saturated carbocycles. The van der Waals surface area contributed by atoms with Crippen molar-refractivity contribution in [1.82, 2.24) is 0 Å². The van der Waals surface area contributed by atoms with Gasteiger partial charge in [0, 0.05) is 0 Å². The van der Waals surface area contributed by atoms with Gasteiger partial charge in [-0.2, -0.15) is 0 Å². The first-order chi connectivity index (χ1) is 8.43. The molecule has 4 aliphatic carbocycles. The number of allylic oxidation sites excluding steroid dienone is 2. The highest BCUT2D eigenvalue weighted by Crippen LogP contribution is 2.57. The predicted octanol–water partition coefficient (Wildman–Crippen LogP) is 4.39. The summed E-state index contributed by atoms with van der Waals surface area (Å²) < 4.78 is 0. The molecule has 0 spiro atoms. The molecular formula is C17H20. The number of benzene rings is 1. The summed E-state index contributed by atoms with van der Waals surface area (Å²) in [5.41, 5.74) is 1.59. The minimum Gasteiger partial charge on any atom is -0.0845 e. The van der Waals surface area contributed by atoms with E-state index in [1.807, 2.05) is 0 Å². The fraction of sp³-hybridized carbons (Fsp3) is 0.529. The number of rotatable bonds is 1. The lowest BCUT2D eigenvalue weighted by molar-refractivity contribution is 0.0619. The summed E-state index contributed by atoms with van der Waals surface area (Å²) >= 11 is 0. The first-order valence-corrected chi connectivity index (χ1v) is 7.17. The third-order valence-electron chi connectivity index (χ3n) is 5.41. The van der Waals surface area contributed by atoms with Gasteiger partial charge in [-0.3, -0.25) is 0 Å². The standard InChI is InChI=1S/C17H20/c1-2-5-12(6-3-1)17-14-9-10-15-13(11-14)7-4-8-16(15)17/h1-3,5-6,9-10,13-17H,4,7-8,11H2/t13-,14-,15+,16-,17?/m0/s1. The van der Waals surface area contributed by atoms with E-state index in [9.17, 15) is 0 Å². The second kappa shape index (κ2) is 3.73. The van der Waals surface area contributed by atoms with Crippen LogP contribution in [0.2, 0.25) is 0 Å². The van der Waals surface area contributed by atoms with Crippen LogP contribution in [0, 0.1) is 23.7 Å². The van der Waals surface area contributed by atoms with E-state index < -0.39 is 0 Å². The second-order valence-electron chi connectivity index (χ2n) is 6.15. The van der Waals surface area contributed by atoms with Crippen LogP contribution >= 0.6 is 0 Å². The molecule has 0 nitrogen and oxygen atoms in total. The monoisotopic (exact) mass is 224 g/mol. The van der Waals surface area contributed by atoms with Crippen LogP contribution in [0.5, 0.6) is 0 Å². The number of hydrogen-bond acceptors (Lipinski definition) is 0. The Morgan fingerprint density at radius 2 is 1.82 bits per heavy atom. The van der Waals surface area contributed by atoms with Crippen molar-refractivity contribution in [3.63, 3.8) is 0 Å². The van der Waals surface area contributed by atoms with E-state index >= 15 is 0 Å². The zero-order valence-corrected chi connectivity index (χ0v) is 10.3. The Hall–Kier alpha value is -1.04. The first-order valence-electron chi connectivity index (χ1n) is 7.17. The Morgan fingerprint density at radius 1 is 0.941 bits per heavy atom. The molecule has 0 radical (unpaired) electrons. The van der Waals surface area contributed by atoms with Crippen LogP contribution in [0.1, 0.15) is 37.2 Å². The average molecular weight is 224 g/mol. The molecule has 0 N–H and O–H groups in total. The maximum absolute atomic E-state index is 2.56. The lowest BCUT2D eigenvalue weighted by Gasteiger charge is -2.52. The molecule has 5 rings (SSSR count). The summed E-state index contributed by atoms with van der Waals surface area (Å²) in [5, 5.41) is 0. The smallest absolute Gasteiger partial charge is 0.00649 e. The minimum atomic E-state index is 0.822. The normalized spacial score (nSPS) is 42.7. The van der Waals surface area contributed by atoms with E-state index in [0.717, 1.165) is 29.6 Å². The molecule has 1 aromatic rings. The Bertz CT molecular complexity index is 431. The molecule has 88 valence electrons. The molecule has 0 saturated heterocycles. The highest BCUT2D eigenvalue weighted by molar-refractivity contribution is 5.28. The highest BCUT2D eigenvalue weighted by Gasteiger charge is 2.47. The quantitative estimate of drug-likeness (QED) is 0.620. The third-order valence-corrected chi connectivity index (χ3v) is 5.41. The van der Waals surface area contributed by atoms with Gasteiger partial charge >= 0.3 is 0 Å². The van der Waals surface area contributed by atoms with Gasteiger partial charge in [-0.15, -0.1) is 0 Å². The zero-order chi connectivity index (χ0) is 11.2. The molecule has 5 atom stereocenters. The van der Waals surface area contributed by atoms with Gasteiger partial charge in [0.05, 0.1) is 0 Å². The van der Waals surface area contributed by atoms with Gasteiger partial charge in [-0.25, -0.2) is 0 Å². The van der Waals surface area contributed by atoms with E-state index in [1.54, 1.807) is 5.56 Å². The fourth-order valence-electron chi connectivity index (χ4n) is 4.80. The van der Waals surface area contributed by atoms with Gasteiger partial charge in [-0.1, -0.05) is 48.9 Å². The van der Waals surface area contributed by atoms with E-state index in [0.29, 0.717) is 0 Å². The topological polar surface area (TPSA) is 0 Å². The summed E-state index contributed by atoms with van der Waals surface area (Å²) in [7, 11) is 0. The van der Waals surface area contributed by atoms with E-state index in [2.05, 4.69) is 42.5 Å². The number of hydrogen-bond donors (Lipinski definition) is 0. The van der Waals surface area contributed by atoms with E-state index in [4.69, 9.17) is 0 Å².